The van der Waals surface area contributed by atoms with Crippen molar-refractivity contribution in [2.45, 2.75) is 0 Å². The van der Waals surface area contributed by atoms with Crippen molar-refractivity contribution in [1.82, 2.24) is 0.590 Å². The van der Waals surface area contributed by atoms with Crippen LogP contribution in [0.15, 0.2) is 24.5 Å². The van der Waals surface area contributed by atoms with Gasteiger partial charge in [-0.3, -0.25) is 0 Å². The van der Waals surface area contributed by atoms with Gasteiger partial charge < -0.3 is 0 Å². The zero-order valence-corrected chi connectivity index (χ0v) is 7.04. The van der Waals surface area contributed by atoms with E-state index in [0.717, 1.165) is 39.6 Å². The molecule has 1 aromatic rings. The standard InChI is InChI=1S/C4H4N.Pr/c1-2-4-5-3-1;/h1-4H;/q-1;+1. The van der Waals surface area contributed by atoms with Crippen molar-refractivity contribution in [2.75, 3.05) is 0 Å². The average Bonchev–Trinajstić information content (AvgIpc) is 1.86. The van der Waals surface area contributed by atoms with Gasteiger partial charge in [-0.1, -0.05) is 0 Å². The van der Waals surface area contributed by atoms with Gasteiger partial charge in [-0.15, -0.1) is 0 Å². The molecule has 0 bridgehead atoms. The Morgan fingerprint density at radius 3 is 1.83 bits per heavy atom. The van der Waals surface area contributed by atoms with Crippen LogP contribution in [0.3, 0.4) is 0 Å². The molecule has 6 heavy (non-hydrogen) atoms. The minimum atomic E-state index is 0.935. The van der Waals surface area contributed by atoms with Gasteiger partial charge in [0.05, 0.1) is 0 Å². The zero-order chi connectivity index (χ0) is 4.41. The van der Waals surface area contributed by atoms with Gasteiger partial charge in [0.25, 0.3) is 0 Å². The van der Waals surface area contributed by atoms with Crippen molar-refractivity contribution in [1.29, 1.82) is 0 Å². The summed E-state index contributed by atoms with van der Waals surface area (Å²) in [6, 6.07) is 4.08. The van der Waals surface area contributed by atoms with Gasteiger partial charge in [0.2, 0.25) is 0 Å². The molecule has 1 heterocycles. The fourth-order valence-electron chi connectivity index (χ4n) is 0.348. The molecule has 28 valence electrons. The second-order valence-corrected chi connectivity index (χ2v) is 3.04. The van der Waals surface area contributed by atoms with E-state index in [1.54, 1.807) is 0 Å². The van der Waals surface area contributed by atoms with Crippen LogP contribution in [-0.4, -0.2) is 0.590 Å². The molecule has 1 nitrogen and oxygen atoms in total. The second-order valence-electron chi connectivity index (χ2n) is 1.13. The number of hydrogen-bond donors (Lipinski definition) is 0. The van der Waals surface area contributed by atoms with E-state index < -0.39 is 0 Å². The first-order valence-corrected chi connectivity index (χ1v) is 3.43. The van der Waals surface area contributed by atoms with Crippen molar-refractivity contribution < 1.29 is 39.6 Å². The summed E-state index contributed by atoms with van der Waals surface area (Å²) in [5.41, 5.74) is 0. The Balaban J connectivity index is 3.05. The molecular weight excluding hydrogens is 203 g/mol. The van der Waals surface area contributed by atoms with Crippen LogP contribution in [0.5, 0.6) is 0 Å². The molecule has 1 rings (SSSR count). The molecule has 0 aliphatic heterocycles. The molecule has 2 heteroatoms. The van der Waals surface area contributed by atoms with Gasteiger partial charge in [0.1, 0.15) is 0 Å². The monoisotopic (exact) mass is 207 g/mol. The molecule has 0 fully saturated rings. The molecular formula is C4H4NPr. The number of rotatable bonds is 0. The van der Waals surface area contributed by atoms with Crippen LogP contribution in [0, 0.1) is 39.6 Å². The van der Waals surface area contributed by atoms with Crippen molar-refractivity contribution >= 4 is 0 Å². The Morgan fingerprint density at radius 1 is 1.17 bits per heavy atom. The van der Waals surface area contributed by atoms with Gasteiger partial charge >= 0.3 is 64.7 Å². The predicted octanol–water partition coefficient (Wildman–Crippen LogP) is 0.800. The van der Waals surface area contributed by atoms with Gasteiger partial charge in [-0.25, -0.2) is 0 Å². The molecule has 0 N–H and O–H groups in total. The summed E-state index contributed by atoms with van der Waals surface area (Å²) in [6.07, 6.45) is 4.15. The summed E-state index contributed by atoms with van der Waals surface area (Å²) in [6.45, 7) is 0. The fourth-order valence-corrected chi connectivity index (χ4v) is 0.985. The SMILES string of the molecule is [Pr][n]1cccc1. The zero-order valence-electron chi connectivity index (χ0n) is 3.33. The summed E-state index contributed by atoms with van der Waals surface area (Å²) in [5.74, 6) is 0. The summed E-state index contributed by atoms with van der Waals surface area (Å²) in [4.78, 5) is 0. The van der Waals surface area contributed by atoms with Crippen LogP contribution < -0.4 is 0 Å². The normalized spacial score (nSPS) is 8.50. The predicted molar refractivity (Wildman–Crippen MR) is 19.8 cm³/mol. The molecule has 1 aromatic heterocycles. The number of aromatic nitrogens is 1. The molecule has 0 aromatic carbocycles. The van der Waals surface area contributed by atoms with Crippen molar-refractivity contribution in [3.63, 3.8) is 0 Å². The van der Waals surface area contributed by atoms with Crippen LogP contribution in [0.4, 0.5) is 0 Å². The van der Waals surface area contributed by atoms with E-state index >= 15 is 0 Å². The minimum absolute atomic E-state index is 0.935. The Kier molecular flexibility index (Phi) is 1.66. The molecule has 0 amide bonds. The van der Waals surface area contributed by atoms with E-state index in [0.29, 0.717) is 0 Å². The van der Waals surface area contributed by atoms with E-state index in [-0.39, 0.29) is 0 Å². The van der Waals surface area contributed by atoms with Crippen LogP contribution in [0.25, 0.3) is 0 Å². The first kappa shape index (κ1) is 4.79. The van der Waals surface area contributed by atoms with E-state index in [9.17, 15) is 0 Å². The van der Waals surface area contributed by atoms with Gasteiger partial charge in [-0.2, -0.15) is 0 Å². The van der Waals surface area contributed by atoms with Crippen molar-refractivity contribution in [2.24, 2.45) is 0 Å². The Morgan fingerprint density at radius 2 is 1.67 bits per heavy atom. The Labute approximate surface area is 64.0 Å². The Bertz CT molecular complexity index is 111. The number of nitrogens with zero attached hydrogens (tertiary/aromatic N) is 1. The maximum atomic E-state index is 2.17. The number of hydrogen-bond acceptors (Lipinski definition) is 0. The maximum absolute atomic E-state index is 2.17. The first-order chi connectivity index (χ1) is 2.89. The fraction of sp³-hybridized carbons (Fsp3) is 0. The van der Waals surface area contributed by atoms with Gasteiger partial charge in [0, 0.05) is 0 Å². The molecule has 0 aliphatic carbocycles. The van der Waals surface area contributed by atoms with Crippen LogP contribution >= 0.6 is 0 Å². The van der Waals surface area contributed by atoms with E-state index in [2.05, 4.69) is 13.0 Å². The Hall–Kier alpha value is 0.644. The summed E-state index contributed by atoms with van der Waals surface area (Å²) in [7, 11) is 0. The van der Waals surface area contributed by atoms with Crippen LogP contribution in [0.2, 0.25) is 0 Å². The van der Waals surface area contributed by atoms with Crippen LogP contribution in [0.1, 0.15) is 0 Å². The first-order valence-electron chi connectivity index (χ1n) is 1.77. The topological polar surface area (TPSA) is 4.93 Å². The van der Waals surface area contributed by atoms with Crippen molar-refractivity contribution in [3.05, 3.63) is 24.5 Å². The summed E-state index contributed by atoms with van der Waals surface area (Å²) < 4.78 is 2.17. The molecule has 0 unspecified atom stereocenters. The third-order valence-corrected chi connectivity index (χ3v) is 1.73. The van der Waals surface area contributed by atoms with Gasteiger partial charge in [-0.05, 0) is 0 Å². The molecule has 0 saturated carbocycles. The van der Waals surface area contributed by atoms with Crippen molar-refractivity contribution in [3.8, 4) is 0 Å². The second kappa shape index (κ2) is 2.08. The van der Waals surface area contributed by atoms with Crippen LogP contribution in [-0.2, 0) is 0 Å². The van der Waals surface area contributed by atoms with Gasteiger partial charge in [0.15, 0.2) is 0 Å². The molecule has 0 saturated heterocycles. The van der Waals surface area contributed by atoms with E-state index in [4.69, 9.17) is 0 Å². The molecule has 0 atom stereocenters. The third-order valence-electron chi connectivity index (χ3n) is 0.628. The summed E-state index contributed by atoms with van der Waals surface area (Å²) >= 11 is 0.935. The molecule has 0 aliphatic rings. The van der Waals surface area contributed by atoms with E-state index in [1.165, 1.54) is 0 Å². The molecule has 0 radical (unpaired) electrons. The molecule has 0 spiro atoms. The summed E-state index contributed by atoms with van der Waals surface area (Å²) in [5, 5.41) is 0. The van der Waals surface area contributed by atoms with E-state index in [1.807, 2.05) is 12.1 Å². The third kappa shape index (κ3) is 1.06. The quantitative estimate of drug-likeness (QED) is 0.592. The average molecular weight is 207 g/mol.